The average molecular weight is 300 g/mol. The van der Waals surface area contributed by atoms with Crippen LogP contribution in [0.2, 0.25) is 0 Å². The smallest absolute Gasteiger partial charge is 0.387 e. The van der Waals surface area contributed by atoms with Crippen molar-refractivity contribution in [3.05, 3.63) is 29.8 Å². The number of benzene rings is 1. The summed E-state index contributed by atoms with van der Waals surface area (Å²) in [5.41, 5.74) is 6.43. The fourth-order valence-electron chi connectivity index (χ4n) is 1.74. The van der Waals surface area contributed by atoms with E-state index in [9.17, 15) is 13.6 Å². The first-order chi connectivity index (χ1) is 9.61. The van der Waals surface area contributed by atoms with Gasteiger partial charge in [-0.2, -0.15) is 8.78 Å². The molecule has 0 aliphatic carbocycles. The summed E-state index contributed by atoms with van der Waals surface area (Å²) in [4.78, 5) is 13.7. The second-order valence-electron chi connectivity index (χ2n) is 6.06. The molecule has 1 amide bonds. The number of alkyl halides is 2. The molecular formula is C15H22F2N2O2. The lowest BCUT2D eigenvalue weighted by atomic mass is 9.86. The zero-order valence-electron chi connectivity index (χ0n) is 12.8. The molecule has 6 heteroatoms. The zero-order valence-corrected chi connectivity index (χ0v) is 12.8. The number of carbonyl (C=O) groups excluding carboxylic acids is 1. The van der Waals surface area contributed by atoms with Crippen LogP contribution in [-0.2, 0) is 11.3 Å². The summed E-state index contributed by atoms with van der Waals surface area (Å²) in [7, 11) is 1.66. The summed E-state index contributed by atoms with van der Waals surface area (Å²) in [6.07, 6.45) is 0. The molecule has 4 nitrogen and oxygen atoms in total. The van der Waals surface area contributed by atoms with Crippen LogP contribution < -0.4 is 10.5 Å². The zero-order chi connectivity index (χ0) is 16.2. The Bertz CT molecular complexity index is 470. The third-order valence-electron chi connectivity index (χ3n) is 3.14. The van der Waals surface area contributed by atoms with Gasteiger partial charge in [-0.05, 0) is 23.1 Å². The Morgan fingerprint density at radius 3 is 2.24 bits per heavy atom. The fraction of sp³-hybridized carbons (Fsp3) is 0.533. The van der Waals surface area contributed by atoms with Crippen molar-refractivity contribution in [3.63, 3.8) is 0 Å². The van der Waals surface area contributed by atoms with E-state index in [1.165, 1.54) is 17.0 Å². The van der Waals surface area contributed by atoms with Gasteiger partial charge in [-0.3, -0.25) is 4.79 Å². The molecule has 0 spiro atoms. The molecule has 1 atom stereocenters. The monoisotopic (exact) mass is 300 g/mol. The van der Waals surface area contributed by atoms with Gasteiger partial charge in [0.25, 0.3) is 0 Å². The Morgan fingerprint density at radius 1 is 1.29 bits per heavy atom. The maximum absolute atomic E-state index is 12.2. The number of ether oxygens (including phenoxy) is 1. The Labute approximate surface area is 123 Å². The van der Waals surface area contributed by atoms with Crippen LogP contribution in [0.25, 0.3) is 0 Å². The van der Waals surface area contributed by atoms with Gasteiger partial charge < -0.3 is 15.4 Å². The summed E-state index contributed by atoms with van der Waals surface area (Å²) in [6, 6.07) is 5.59. The lowest BCUT2D eigenvalue weighted by Gasteiger charge is -2.30. The number of amides is 1. The molecule has 2 N–H and O–H groups in total. The van der Waals surface area contributed by atoms with E-state index in [2.05, 4.69) is 4.74 Å². The highest BCUT2D eigenvalue weighted by molar-refractivity contribution is 5.82. The van der Waals surface area contributed by atoms with Crippen molar-refractivity contribution >= 4 is 5.91 Å². The van der Waals surface area contributed by atoms with E-state index in [1.807, 2.05) is 20.8 Å². The van der Waals surface area contributed by atoms with Crippen molar-refractivity contribution in [1.29, 1.82) is 0 Å². The van der Waals surface area contributed by atoms with Crippen molar-refractivity contribution in [2.75, 3.05) is 7.05 Å². The summed E-state index contributed by atoms with van der Waals surface area (Å²) in [5.74, 6) is -0.0653. The third-order valence-corrected chi connectivity index (χ3v) is 3.14. The van der Waals surface area contributed by atoms with E-state index in [4.69, 9.17) is 5.73 Å². The number of halogens is 2. The van der Waals surface area contributed by atoms with E-state index < -0.39 is 12.7 Å². The summed E-state index contributed by atoms with van der Waals surface area (Å²) < 4.78 is 28.4. The standard InChI is InChI=1S/C15H22F2N2O2/c1-15(2,3)12(18)13(20)19(4)9-10-5-7-11(8-6-10)21-14(16)17/h5-8,12,14H,9,18H2,1-4H3/t12-/m0/s1. The molecule has 0 aliphatic heterocycles. The van der Waals surface area contributed by atoms with Crippen molar-refractivity contribution in [3.8, 4) is 5.75 Å². The topological polar surface area (TPSA) is 55.6 Å². The van der Waals surface area contributed by atoms with E-state index in [0.29, 0.717) is 6.54 Å². The minimum absolute atomic E-state index is 0.0918. The van der Waals surface area contributed by atoms with Gasteiger partial charge in [0.15, 0.2) is 0 Å². The van der Waals surface area contributed by atoms with Crippen LogP contribution in [0.1, 0.15) is 26.3 Å². The first kappa shape index (κ1) is 17.4. The Balaban J connectivity index is 2.66. The molecule has 0 aliphatic rings. The van der Waals surface area contributed by atoms with Crippen molar-refractivity contribution in [2.45, 2.75) is 40.0 Å². The lowest BCUT2D eigenvalue weighted by molar-refractivity contribution is -0.134. The van der Waals surface area contributed by atoms with Crippen LogP contribution in [0.15, 0.2) is 24.3 Å². The van der Waals surface area contributed by atoms with E-state index in [1.54, 1.807) is 19.2 Å². The highest BCUT2D eigenvalue weighted by atomic mass is 19.3. The molecule has 0 radical (unpaired) electrons. The highest BCUT2D eigenvalue weighted by Crippen LogP contribution is 2.20. The summed E-state index contributed by atoms with van der Waals surface area (Å²) >= 11 is 0. The minimum Gasteiger partial charge on any atom is -0.435 e. The Kier molecular flexibility index (Phi) is 5.66. The maximum atomic E-state index is 12.2. The highest BCUT2D eigenvalue weighted by Gasteiger charge is 2.29. The van der Waals surface area contributed by atoms with Crippen LogP contribution in [0, 0.1) is 5.41 Å². The van der Waals surface area contributed by atoms with Crippen molar-refractivity contribution in [2.24, 2.45) is 11.1 Å². The number of nitrogens with two attached hydrogens (primary N) is 1. The fourth-order valence-corrected chi connectivity index (χ4v) is 1.74. The van der Waals surface area contributed by atoms with E-state index >= 15 is 0 Å². The molecule has 21 heavy (non-hydrogen) atoms. The number of carbonyl (C=O) groups is 1. The SMILES string of the molecule is CN(Cc1ccc(OC(F)F)cc1)C(=O)[C@H](N)C(C)(C)C. The van der Waals surface area contributed by atoms with Gasteiger partial charge >= 0.3 is 6.61 Å². The van der Waals surface area contributed by atoms with Gasteiger partial charge in [-0.15, -0.1) is 0 Å². The molecule has 0 aromatic heterocycles. The first-order valence-corrected chi connectivity index (χ1v) is 6.65. The molecule has 1 aromatic rings. The minimum atomic E-state index is -2.84. The maximum Gasteiger partial charge on any atom is 0.387 e. The third kappa shape index (κ3) is 5.30. The predicted octanol–water partition coefficient (Wildman–Crippen LogP) is 2.62. The van der Waals surface area contributed by atoms with E-state index in [0.717, 1.165) is 5.56 Å². The number of hydrogen-bond acceptors (Lipinski definition) is 3. The van der Waals surface area contributed by atoms with Crippen LogP contribution in [0.3, 0.4) is 0 Å². The molecule has 0 heterocycles. The first-order valence-electron chi connectivity index (χ1n) is 6.65. The van der Waals surface area contributed by atoms with Crippen LogP contribution in [0.5, 0.6) is 5.75 Å². The van der Waals surface area contributed by atoms with Crippen LogP contribution in [0.4, 0.5) is 8.78 Å². The summed E-state index contributed by atoms with van der Waals surface area (Å²) in [6.45, 7) is 3.22. The van der Waals surface area contributed by atoms with Gasteiger partial charge in [0.2, 0.25) is 5.91 Å². The molecule has 0 saturated carbocycles. The molecular weight excluding hydrogens is 278 g/mol. The van der Waals surface area contributed by atoms with Gasteiger partial charge in [0.05, 0.1) is 6.04 Å². The normalized spacial score (nSPS) is 13.1. The lowest BCUT2D eigenvalue weighted by Crippen LogP contribution is -2.48. The van der Waals surface area contributed by atoms with E-state index in [-0.39, 0.29) is 17.1 Å². The van der Waals surface area contributed by atoms with Crippen molar-refractivity contribution in [1.82, 2.24) is 4.90 Å². The molecule has 0 saturated heterocycles. The second kappa shape index (κ2) is 6.85. The number of nitrogens with zero attached hydrogens (tertiary/aromatic N) is 1. The van der Waals surface area contributed by atoms with Gasteiger partial charge in [0, 0.05) is 13.6 Å². The molecule has 1 rings (SSSR count). The molecule has 0 fully saturated rings. The molecule has 1 aromatic carbocycles. The molecule has 0 bridgehead atoms. The van der Waals surface area contributed by atoms with Crippen LogP contribution in [-0.4, -0.2) is 30.5 Å². The van der Waals surface area contributed by atoms with Gasteiger partial charge in [-0.1, -0.05) is 32.9 Å². The number of likely N-dealkylation sites (N-methyl/N-ethyl adjacent to an activating group) is 1. The average Bonchev–Trinajstić information content (AvgIpc) is 2.37. The predicted molar refractivity (Wildman–Crippen MR) is 77.0 cm³/mol. The summed E-state index contributed by atoms with van der Waals surface area (Å²) in [5, 5.41) is 0. The van der Waals surface area contributed by atoms with Crippen LogP contribution >= 0.6 is 0 Å². The quantitative estimate of drug-likeness (QED) is 0.909. The number of hydrogen-bond donors (Lipinski definition) is 1. The number of rotatable bonds is 5. The second-order valence-corrected chi connectivity index (χ2v) is 6.06. The Morgan fingerprint density at radius 2 is 1.81 bits per heavy atom. The van der Waals surface area contributed by atoms with Crippen molar-refractivity contribution < 1.29 is 18.3 Å². The Hall–Kier alpha value is -1.69. The van der Waals surface area contributed by atoms with Gasteiger partial charge in [0.1, 0.15) is 5.75 Å². The van der Waals surface area contributed by atoms with Gasteiger partial charge in [-0.25, -0.2) is 0 Å². The molecule has 0 unspecified atom stereocenters. The molecule has 118 valence electrons. The largest absolute Gasteiger partial charge is 0.435 e.